The van der Waals surface area contributed by atoms with E-state index >= 15 is 0 Å². The minimum atomic E-state index is -0.0397. The van der Waals surface area contributed by atoms with Crippen molar-refractivity contribution < 1.29 is 4.79 Å². The van der Waals surface area contributed by atoms with Crippen LogP contribution in [-0.2, 0) is 4.79 Å². The van der Waals surface area contributed by atoms with Crippen molar-refractivity contribution in [3.05, 3.63) is 28.2 Å². The van der Waals surface area contributed by atoms with Crippen LogP contribution < -0.4 is 10.6 Å². The van der Waals surface area contributed by atoms with E-state index in [2.05, 4.69) is 26.6 Å². The van der Waals surface area contributed by atoms with Gasteiger partial charge in [-0.05, 0) is 44.0 Å². The molecule has 1 aliphatic heterocycles. The predicted molar refractivity (Wildman–Crippen MR) is 73.2 cm³/mol. The molecule has 0 bridgehead atoms. The number of piperidine rings is 1. The lowest BCUT2D eigenvalue weighted by molar-refractivity contribution is -0.118. The summed E-state index contributed by atoms with van der Waals surface area (Å²) in [5.74, 6) is 0.0749. The van der Waals surface area contributed by atoms with Crippen LogP contribution in [0.2, 0.25) is 0 Å². The minimum Gasteiger partial charge on any atom is -0.324 e. The minimum absolute atomic E-state index is 0.0397. The van der Waals surface area contributed by atoms with Crippen molar-refractivity contribution in [3.63, 3.8) is 0 Å². The van der Waals surface area contributed by atoms with Gasteiger partial charge in [-0.15, -0.1) is 0 Å². The first kappa shape index (κ1) is 12.6. The van der Waals surface area contributed by atoms with Crippen LogP contribution in [0.15, 0.2) is 22.7 Å². The Hall–Kier alpha value is -0.870. The molecule has 0 aromatic heterocycles. The largest absolute Gasteiger partial charge is 0.324 e. The summed E-state index contributed by atoms with van der Waals surface area (Å²) in [6.07, 6.45) is 3.22. The first-order valence-corrected chi connectivity index (χ1v) is 6.77. The fraction of sp³-hybridized carbons (Fsp3) is 0.462. The molecule has 1 aromatic carbocycles. The number of hydrogen-bond acceptors (Lipinski definition) is 2. The Morgan fingerprint density at radius 3 is 3.00 bits per heavy atom. The van der Waals surface area contributed by atoms with E-state index in [1.54, 1.807) is 0 Å². The molecule has 3 nitrogen and oxygen atoms in total. The fourth-order valence-corrected chi connectivity index (χ4v) is 2.40. The van der Waals surface area contributed by atoms with Gasteiger partial charge in [0, 0.05) is 10.2 Å². The van der Waals surface area contributed by atoms with Crippen LogP contribution in [0.1, 0.15) is 24.8 Å². The van der Waals surface area contributed by atoms with Crippen molar-refractivity contribution in [3.8, 4) is 0 Å². The lowest BCUT2D eigenvalue weighted by atomic mass is 10.0. The number of rotatable bonds is 2. The number of halogens is 1. The van der Waals surface area contributed by atoms with Crippen molar-refractivity contribution in [2.24, 2.45) is 0 Å². The second-order valence-electron chi connectivity index (χ2n) is 4.40. The smallest absolute Gasteiger partial charge is 0.241 e. The molecule has 1 unspecified atom stereocenters. The van der Waals surface area contributed by atoms with Crippen molar-refractivity contribution in [2.75, 3.05) is 11.9 Å². The highest BCUT2D eigenvalue weighted by Gasteiger charge is 2.20. The summed E-state index contributed by atoms with van der Waals surface area (Å²) in [5, 5.41) is 6.24. The normalized spacial score (nSPS) is 20.0. The van der Waals surface area contributed by atoms with Crippen LogP contribution in [0.5, 0.6) is 0 Å². The van der Waals surface area contributed by atoms with Crippen LogP contribution in [0.3, 0.4) is 0 Å². The first-order chi connectivity index (χ1) is 8.18. The molecule has 0 saturated carbocycles. The molecule has 1 aliphatic rings. The molecule has 1 amide bonds. The van der Waals surface area contributed by atoms with Crippen molar-refractivity contribution >= 4 is 27.5 Å². The lowest BCUT2D eigenvalue weighted by Crippen LogP contribution is -2.43. The van der Waals surface area contributed by atoms with Gasteiger partial charge in [-0.3, -0.25) is 4.79 Å². The van der Waals surface area contributed by atoms with Gasteiger partial charge in [0.1, 0.15) is 0 Å². The number of benzene rings is 1. The average Bonchev–Trinajstić information content (AvgIpc) is 2.36. The Labute approximate surface area is 110 Å². The highest BCUT2D eigenvalue weighted by atomic mass is 79.9. The third kappa shape index (κ3) is 3.07. The third-order valence-electron chi connectivity index (χ3n) is 3.15. The zero-order valence-corrected chi connectivity index (χ0v) is 11.5. The van der Waals surface area contributed by atoms with E-state index in [0.717, 1.165) is 35.1 Å². The molecule has 2 rings (SSSR count). The molecule has 0 aliphatic carbocycles. The molecule has 1 aromatic rings. The number of carbonyl (C=O) groups excluding carboxylic acids is 1. The van der Waals surface area contributed by atoms with E-state index in [1.165, 1.54) is 6.42 Å². The Morgan fingerprint density at radius 2 is 2.29 bits per heavy atom. The van der Waals surface area contributed by atoms with E-state index in [9.17, 15) is 4.79 Å². The van der Waals surface area contributed by atoms with Crippen LogP contribution in [-0.4, -0.2) is 18.5 Å². The Kier molecular flexibility index (Phi) is 4.18. The second-order valence-corrected chi connectivity index (χ2v) is 5.26. The highest BCUT2D eigenvalue weighted by Crippen LogP contribution is 2.23. The van der Waals surface area contributed by atoms with E-state index in [0.29, 0.717) is 0 Å². The van der Waals surface area contributed by atoms with Gasteiger partial charge in [0.05, 0.1) is 6.04 Å². The second kappa shape index (κ2) is 5.65. The van der Waals surface area contributed by atoms with E-state index in [4.69, 9.17) is 0 Å². The monoisotopic (exact) mass is 296 g/mol. The molecular formula is C13H17BrN2O. The maximum absolute atomic E-state index is 12.0. The maximum Gasteiger partial charge on any atom is 0.241 e. The van der Waals surface area contributed by atoms with Crippen molar-refractivity contribution in [2.45, 2.75) is 32.2 Å². The first-order valence-electron chi connectivity index (χ1n) is 5.98. The number of nitrogens with one attached hydrogen (secondary N) is 2. The third-order valence-corrected chi connectivity index (χ3v) is 4.01. The molecule has 2 N–H and O–H groups in total. The van der Waals surface area contributed by atoms with E-state index < -0.39 is 0 Å². The van der Waals surface area contributed by atoms with Crippen LogP contribution in [0, 0.1) is 6.92 Å². The van der Waals surface area contributed by atoms with E-state index in [-0.39, 0.29) is 11.9 Å². The molecule has 1 fully saturated rings. The van der Waals surface area contributed by atoms with Gasteiger partial charge in [0.2, 0.25) is 5.91 Å². The summed E-state index contributed by atoms with van der Waals surface area (Å²) in [6.45, 7) is 2.93. The van der Waals surface area contributed by atoms with Gasteiger partial charge >= 0.3 is 0 Å². The van der Waals surface area contributed by atoms with Crippen LogP contribution in [0.25, 0.3) is 0 Å². The van der Waals surface area contributed by atoms with E-state index in [1.807, 2.05) is 25.1 Å². The molecule has 17 heavy (non-hydrogen) atoms. The zero-order chi connectivity index (χ0) is 12.3. The summed E-state index contributed by atoms with van der Waals surface area (Å²) >= 11 is 3.47. The summed E-state index contributed by atoms with van der Waals surface area (Å²) < 4.78 is 1.02. The molecule has 1 saturated heterocycles. The van der Waals surface area contributed by atoms with Gasteiger partial charge in [0.15, 0.2) is 0 Å². The molecular weight excluding hydrogens is 280 g/mol. The number of anilines is 1. The summed E-state index contributed by atoms with van der Waals surface area (Å²) in [4.78, 5) is 12.0. The molecule has 1 atom stereocenters. The Morgan fingerprint density at radius 1 is 1.47 bits per heavy atom. The number of hydrogen-bond donors (Lipinski definition) is 2. The Bertz CT molecular complexity index is 414. The fourth-order valence-electron chi connectivity index (χ4n) is 2.04. The van der Waals surface area contributed by atoms with Gasteiger partial charge in [-0.2, -0.15) is 0 Å². The molecule has 1 heterocycles. The van der Waals surface area contributed by atoms with Crippen LogP contribution >= 0.6 is 15.9 Å². The molecule has 0 radical (unpaired) electrons. The molecule has 4 heteroatoms. The lowest BCUT2D eigenvalue weighted by Gasteiger charge is -2.23. The standard InChI is InChI=1S/C13H17BrN2O/c1-9-10(14)5-4-7-11(9)16-13(17)12-6-2-3-8-15-12/h4-5,7,12,15H,2-3,6,8H2,1H3,(H,16,17). The number of carbonyl (C=O) groups is 1. The van der Waals surface area contributed by atoms with Crippen molar-refractivity contribution in [1.29, 1.82) is 0 Å². The van der Waals surface area contributed by atoms with Crippen molar-refractivity contribution in [1.82, 2.24) is 5.32 Å². The Balaban J connectivity index is 2.04. The highest BCUT2D eigenvalue weighted by molar-refractivity contribution is 9.10. The van der Waals surface area contributed by atoms with Gasteiger partial charge in [0.25, 0.3) is 0 Å². The molecule has 0 spiro atoms. The molecule has 92 valence electrons. The summed E-state index contributed by atoms with van der Waals surface area (Å²) in [6, 6.07) is 5.80. The van der Waals surface area contributed by atoms with Crippen LogP contribution in [0.4, 0.5) is 5.69 Å². The quantitative estimate of drug-likeness (QED) is 0.881. The summed E-state index contributed by atoms with van der Waals surface area (Å²) in [7, 11) is 0. The zero-order valence-electron chi connectivity index (χ0n) is 9.92. The maximum atomic E-state index is 12.0. The predicted octanol–water partition coefficient (Wildman–Crippen LogP) is 2.84. The number of amides is 1. The average molecular weight is 297 g/mol. The van der Waals surface area contributed by atoms with Gasteiger partial charge < -0.3 is 10.6 Å². The van der Waals surface area contributed by atoms with Gasteiger partial charge in [-0.1, -0.05) is 28.4 Å². The SMILES string of the molecule is Cc1c(Br)cccc1NC(=O)C1CCCCN1. The van der Waals surface area contributed by atoms with Gasteiger partial charge in [-0.25, -0.2) is 0 Å². The topological polar surface area (TPSA) is 41.1 Å². The summed E-state index contributed by atoms with van der Waals surface area (Å²) in [5.41, 5.74) is 1.95.